The van der Waals surface area contributed by atoms with Gasteiger partial charge in [-0.2, -0.15) is 0 Å². The fraction of sp³-hybridized carbons (Fsp3) is 0.176. The summed E-state index contributed by atoms with van der Waals surface area (Å²) < 4.78 is 1.01. The number of nitrogens with one attached hydrogen (secondary N) is 1. The Labute approximate surface area is 148 Å². The Morgan fingerprint density at radius 1 is 1.31 bits per heavy atom. The number of nitrogens with zero attached hydrogens (tertiary/aromatic N) is 4. The van der Waals surface area contributed by atoms with Gasteiger partial charge >= 0.3 is 6.09 Å². The lowest BCUT2D eigenvalue weighted by Gasteiger charge is -2.17. The van der Waals surface area contributed by atoms with Crippen molar-refractivity contribution in [3.63, 3.8) is 0 Å². The van der Waals surface area contributed by atoms with Gasteiger partial charge in [-0.25, -0.2) is 24.4 Å². The Balaban J connectivity index is 1.93. The summed E-state index contributed by atoms with van der Waals surface area (Å²) in [6, 6.07) is 8.49. The number of anilines is 2. The lowest BCUT2D eigenvalue weighted by atomic mass is 10.2. The van der Waals surface area contributed by atoms with E-state index in [0.717, 1.165) is 4.57 Å². The lowest BCUT2D eigenvalue weighted by molar-refractivity contribution is -0.0915. The van der Waals surface area contributed by atoms with E-state index in [1.165, 1.54) is 24.7 Å². The first-order valence-corrected chi connectivity index (χ1v) is 7.83. The number of amides is 1. The third kappa shape index (κ3) is 3.20. The number of hydrogen-bond acceptors (Lipinski definition) is 6. The predicted molar refractivity (Wildman–Crippen MR) is 94.4 cm³/mol. The average molecular weight is 355 g/mol. The van der Waals surface area contributed by atoms with Crippen LogP contribution in [-0.2, 0) is 4.84 Å². The molecule has 3 rings (SSSR count). The van der Waals surface area contributed by atoms with Crippen molar-refractivity contribution >= 4 is 34.5 Å². The first-order valence-electron chi connectivity index (χ1n) is 7.83. The molecule has 3 aromatic rings. The first kappa shape index (κ1) is 17.4. The van der Waals surface area contributed by atoms with Crippen molar-refractivity contribution < 1.29 is 19.5 Å². The van der Waals surface area contributed by atoms with E-state index < -0.39 is 6.09 Å². The van der Waals surface area contributed by atoms with Gasteiger partial charge in [0, 0.05) is 24.0 Å². The summed E-state index contributed by atoms with van der Waals surface area (Å²) in [6.07, 6.45) is 1.56. The number of benzene rings is 1. The molecule has 0 fully saturated rings. The number of aromatic nitrogens is 3. The monoisotopic (exact) mass is 355 g/mol. The molecule has 0 atom stereocenters. The Bertz CT molecular complexity index is 965. The molecule has 1 aromatic carbocycles. The number of hydroxylamine groups is 2. The lowest BCUT2D eigenvalue weighted by Crippen LogP contribution is -2.29. The Morgan fingerprint density at radius 3 is 2.81 bits per heavy atom. The third-order valence-corrected chi connectivity index (χ3v) is 3.79. The summed E-state index contributed by atoms with van der Waals surface area (Å²) >= 11 is 0. The quantitative estimate of drug-likeness (QED) is 0.677. The molecule has 0 saturated carbocycles. The van der Waals surface area contributed by atoms with Gasteiger partial charge in [-0.3, -0.25) is 9.63 Å². The van der Waals surface area contributed by atoms with E-state index >= 15 is 0 Å². The second-order valence-corrected chi connectivity index (χ2v) is 5.32. The minimum absolute atomic E-state index is 0.261. The van der Waals surface area contributed by atoms with Gasteiger partial charge < -0.3 is 10.4 Å². The largest absolute Gasteiger partial charge is 0.464 e. The molecule has 0 spiro atoms. The molecule has 9 nitrogen and oxygen atoms in total. The topological polar surface area (TPSA) is 110 Å². The van der Waals surface area contributed by atoms with E-state index in [2.05, 4.69) is 15.3 Å². The minimum atomic E-state index is -1.13. The van der Waals surface area contributed by atoms with Crippen LogP contribution in [0.2, 0.25) is 0 Å². The molecule has 0 bridgehead atoms. The van der Waals surface area contributed by atoms with Gasteiger partial charge in [0.1, 0.15) is 12.1 Å². The smallest absolute Gasteiger partial charge is 0.417 e. The van der Waals surface area contributed by atoms with Crippen molar-refractivity contribution in [1.82, 2.24) is 19.6 Å². The zero-order chi connectivity index (χ0) is 18.7. The Morgan fingerprint density at radius 2 is 2.12 bits per heavy atom. The summed E-state index contributed by atoms with van der Waals surface area (Å²) in [5.74, 6) is 0.183. The highest BCUT2D eigenvalue weighted by Crippen LogP contribution is 2.24. The molecule has 0 unspecified atom stereocenters. The van der Waals surface area contributed by atoms with Crippen LogP contribution in [0.3, 0.4) is 0 Å². The molecule has 2 N–H and O–H groups in total. The van der Waals surface area contributed by atoms with Gasteiger partial charge in [-0.1, -0.05) is 6.07 Å². The van der Waals surface area contributed by atoms with Crippen molar-refractivity contribution in [1.29, 1.82) is 0 Å². The second-order valence-electron chi connectivity index (χ2n) is 5.32. The van der Waals surface area contributed by atoms with Gasteiger partial charge in [-0.15, -0.1) is 0 Å². The summed E-state index contributed by atoms with van der Waals surface area (Å²) in [4.78, 5) is 36.8. The molecule has 0 aliphatic carbocycles. The molecular weight excluding hydrogens is 338 g/mol. The normalized spacial score (nSPS) is 10.7. The summed E-state index contributed by atoms with van der Waals surface area (Å²) in [5.41, 5.74) is 1.36. The standard InChI is InChI=1S/C17H17N5O4/c1-3-22(26-2)16(23)11-5-4-6-12(9-11)20-14-13-7-8-21(17(24)25)15(13)19-10-18-14/h4-10H,3H2,1-2H3,(H,24,25)(H,18,19,20). The van der Waals surface area contributed by atoms with Crippen molar-refractivity contribution in [3.8, 4) is 0 Å². The van der Waals surface area contributed by atoms with E-state index in [0.29, 0.717) is 29.0 Å². The molecule has 0 aliphatic rings. The molecule has 0 aliphatic heterocycles. The minimum Gasteiger partial charge on any atom is -0.464 e. The van der Waals surface area contributed by atoms with Crippen LogP contribution in [0.5, 0.6) is 0 Å². The van der Waals surface area contributed by atoms with Crippen molar-refractivity contribution in [2.75, 3.05) is 19.0 Å². The van der Waals surface area contributed by atoms with E-state index in [1.54, 1.807) is 30.3 Å². The van der Waals surface area contributed by atoms with Gasteiger partial charge in [-0.05, 0) is 31.2 Å². The highest BCUT2D eigenvalue weighted by atomic mass is 16.7. The van der Waals surface area contributed by atoms with E-state index in [4.69, 9.17) is 4.84 Å². The van der Waals surface area contributed by atoms with Gasteiger partial charge in [0.2, 0.25) is 0 Å². The first-order chi connectivity index (χ1) is 12.5. The number of carbonyl (C=O) groups excluding carboxylic acids is 1. The number of rotatable bonds is 5. The van der Waals surface area contributed by atoms with Crippen LogP contribution in [0.25, 0.3) is 11.0 Å². The van der Waals surface area contributed by atoms with E-state index in [9.17, 15) is 14.7 Å². The van der Waals surface area contributed by atoms with Crippen LogP contribution >= 0.6 is 0 Å². The number of carboxylic acid groups (broad SMARTS) is 1. The maximum Gasteiger partial charge on any atom is 0.417 e. The third-order valence-electron chi connectivity index (χ3n) is 3.79. The van der Waals surface area contributed by atoms with E-state index in [-0.39, 0.29) is 11.6 Å². The molecule has 2 aromatic heterocycles. The molecule has 0 saturated heterocycles. The average Bonchev–Trinajstić information content (AvgIpc) is 3.08. The SMILES string of the molecule is CCN(OC)C(=O)c1cccc(Nc2ncnc3c2ccn3C(=O)O)c1. The molecular formula is C17H17N5O4. The molecule has 9 heteroatoms. The van der Waals surface area contributed by atoms with Crippen molar-refractivity contribution in [2.24, 2.45) is 0 Å². The van der Waals surface area contributed by atoms with Crippen LogP contribution in [0, 0.1) is 0 Å². The summed E-state index contributed by atoms with van der Waals surface area (Å²) in [6.45, 7) is 2.23. The van der Waals surface area contributed by atoms with Crippen molar-refractivity contribution in [2.45, 2.75) is 6.92 Å². The van der Waals surface area contributed by atoms with Gasteiger partial charge in [0.15, 0.2) is 5.65 Å². The second kappa shape index (κ2) is 7.19. The maximum absolute atomic E-state index is 12.4. The number of carbonyl (C=O) groups is 2. The molecule has 0 radical (unpaired) electrons. The number of fused-ring (bicyclic) bond motifs is 1. The number of hydrogen-bond donors (Lipinski definition) is 2. The molecule has 134 valence electrons. The molecule has 26 heavy (non-hydrogen) atoms. The predicted octanol–water partition coefficient (Wildman–Crippen LogP) is 2.72. The zero-order valence-electron chi connectivity index (χ0n) is 14.2. The molecule has 2 heterocycles. The van der Waals surface area contributed by atoms with E-state index in [1.807, 2.05) is 6.92 Å². The summed E-state index contributed by atoms with van der Waals surface area (Å²) in [5, 5.41) is 14.1. The fourth-order valence-corrected chi connectivity index (χ4v) is 2.57. The Kier molecular flexibility index (Phi) is 4.81. The van der Waals surface area contributed by atoms with Crippen LogP contribution in [0.1, 0.15) is 17.3 Å². The fourth-order valence-electron chi connectivity index (χ4n) is 2.57. The highest BCUT2D eigenvalue weighted by molar-refractivity contribution is 5.96. The van der Waals surface area contributed by atoms with Crippen LogP contribution in [0.15, 0.2) is 42.9 Å². The Hall–Kier alpha value is -3.46. The zero-order valence-corrected chi connectivity index (χ0v) is 14.2. The van der Waals surface area contributed by atoms with Crippen LogP contribution < -0.4 is 5.32 Å². The van der Waals surface area contributed by atoms with Gasteiger partial charge in [0.25, 0.3) is 5.91 Å². The van der Waals surface area contributed by atoms with Crippen LogP contribution in [0.4, 0.5) is 16.3 Å². The molecule has 1 amide bonds. The summed E-state index contributed by atoms with van der Waals surface area (Å²) in [7, 11) is 1.44. The van der Waals surface area contributed by atoms with Gasteiger partial charge in [0.05, 0.1) is 12.5 Å². The van der Waals surface area contributed by atoms with Crippen molar-refractivity contribution in [3.05, 3.63) is 48.4 Å². The maximum atomic E-state index is 12.4. The van der Waals surface area contributed by atoms with Crippen LogP contribution in [-0.4, -0.2) is 50.4 Å². The highest BCUT2D eigenvalue weighted by Gasteiger charge is 2.15.